The third-order valence-electron chi connectivity index (χ3n) is 5.53. The zero-order chi connectivity index (χ0) is 22.9. The van der Waals surface area contributed by atoms with Gasteiger partial charge in [0.15, 0.2) is 0 Å². The molecule has 3 aromatic rings. The first-order chi connectivity index (χ1) is 15.3. The summed E-state index contributed by atoms with van der Waals surface area (Å²) in [5.41, 5.74) is 1.44. The van der Waals surface area contributed by atoms with Crippen LogP contribution in [0, 0.1) is 5.82 Å². The second-order valence-corrected chi connectivity index (χ2v) is 10.9. The van der Waals surface area contributed by atoms with Crippen molar-refractivity contribution in [1.82, 2.24) is 14.2 Å². The molecule has 1 amide bonds. The van der Waals surface area contributed by atoms with E-state index in [0.717, 1.165) is 16.9 Å². The topological polar surface area (TPSA) is 70.6 Å². The van der Waals surface area contributed by atoms with Crippen LogP contribution in [0.3, 0.4) is 0 Å². The van der Waals surface area contributed by atoms with Crippen molar-refractivity contribution in [2.24, 2.45) is 0 Å². The summed E-state index contributed by atoms with van der Waals surface area (Å²) in [6.45, 7) is 5.13. The molecule has 1 aliphatic heterocycles. The molecule has 2 aromatic carbocycles. The lowest BCUT2D eigenvalue weighted by molar-refractivity contribution is 0.0702. The molecule has 1 aromatic heterocycles. The van der Waals surface area contributed by atoms with E-state index in [2.05, 4.69) is 18.8 Å². The number of sulfonamides is 1. The Morgan fingerprint density at radius 2 is 1.69 bits per heavy atom. The number of rotatable bonds is 5. The first kappa shape index (κ1) is 22.6. The Bertz CT molecular complexity index is 1220. The molecule has 1 aliphatic rings. The third-order valence-corrected chi connectivity index (χ3v) is 8.46. The van der Waals surface area contributed by atoms with Gasteiger partial charge < -0.3 is 4.90 Å². The number of thiazole rings is 1. The molecule has 0 spiro atoms. The predicted molar refractivity (Wildman–Crippen MR) is 123 cm³/mol. The molecule has 0 bridgehead atoms. The van der Waals surface area contributed by atoms with E-state index in [1.807, 2.05) is 12.1 Å². The van der Waals surface area contributed by atoms with Crippen molar-refractivity contribution < 1.29 is 17.6 Å². The minimum absolute atomic E-state index is 0.219. The molecule has 0 radical (unpaired) electrons. The predicted octanol–water partition coefficient (Wildman–Crippen LogP) is 4.22. The van der Waals surface area contributed by atoms with Crippen molar-refractivity contribution in [1.29, 1.82) is 0 Å². The summed E-state index contributed by atoms with van der Waals surface area (Å²) >= 11 is 1.13. The standard InChI is InChI=1S/C23H24FN3O3S2/c1-16(2)17-7-9-18(10-8-17)32(29,30)27-13-11-26(12-14-27)23(28)21-15-25-22(31-21)19-5-3-4-6-20(19)24/h3-10,15-16H,11-14H2,1-2H3. The summed E-state index contributed by atoms with van der Waals surface area (Å²) in [6, 6.07) is 13.3. The number of carbonyl (C=O) groups is 1. The van der Waals surface area contributed by atoms with Crippen LogP contribution in [0.4, 0.5) is 4.39 Å². The number of amides is 1. The quantitative estimate of drug-likeness (QED) is 0.556. The van der Waals surface area contributed by atoms with Gasteiger partial charge in [0.25, 0.3) is 5.91 Å². The van der Waals surface area contributed by atoms with Crippen LogP contribution in [-0.2, 0) is 10.0 Å². The number of carbonyl (C=O) groups excluding carboxylic acids is 1. The van der Waals surface area contributed by atoms with Crippen LogP contribution in [0.5, 0.6) is 0 Å². The van der Waals surface area contributed by atoms with E-state index in [4.69, 9.17) is 0 Å². The number of hydrogen-bond donors (Lipinski definition) is 0. The molecule has 0 N–H and O–H groups in total. The first-order valence-corrected chi connectivity index (χ1v) is 12.6. The van der Waals surface area contributed by atoms with E-state index in [1.54, 1.807) is 35.2 Å². The molecule has 1 fully saturated rings. The molecule has 0 saturated carbocycles. The second kappa shape index (κ2) is 9.09. The molecule has 32 heavy (non-hydrogen) atoms. The van der Waals surface area contributed by atoms with Crippen molar-refractivity contribution in [2.45, 2.75) is 24.7 Å². The molecule has 2 heterocycles. The summed E-state index contributed by atoms with van der Waals surface area (Å²) < 4.78 is 41.4. The molecular weight excluding hydrogens is 449 g/mol. The third kappa shape index (κ3) is 4.46. The molecule has 6 nitrogen and oxygen atoms in total. The summed E-state index contributed by atoms with van der Waals surface area (Å²) in [6.07, 6.45) is 1.45. The number of aromatic nitrogens is 1. The monoisotopic (exact) mass is 473 g/mol. The maximum Gasteiger partial charge on any atom is 0.265 e. The molecule has 0 atom stereocenters. The van der Waals surface area contributed by atoms with Gasteiger partial charge in [-0.1, -0.05) is 38.1 Å². The summed E-state index contributed by atoms with van der Waals surface area (Å²) in [5.74, 6) is -0.281. The second-order valence-electron chi connectivity index (χ2n) is 7.93. The van der Waals surface area contributed by atoms with Gasteiger partial charge in [0, 0.05) is 31.7 Å². The Kier molecular flexibility index (Phi) is 6.41. The lowest BCUT2D eigenvalue weighted by Gasteiger charge is -2.33. The van der Waals surface area contributed by atoms with Gasteiger partial charge in [0.2, 0.25) is 10.0 Å². The van der Waals surface area contributed by atoms with E-state index in [1.165, 1.54) is 16.6 Å². The van der Waals surface area contributed by atoms with E-state index < -0.39 is 10.0 Å². The minimum Gasteiger partial charge on any atom is -0.335 e. The summed E-state index contributed by atoms with van der Waals surface area (Å²) in [7, 11) is -3.61. The fourth-order valence-corrected chi connectivity index (χ4v) is 5.93. The lowest BCUT2D eigenvalue weighted by atomic mass is 10.0. The minimum atomic E-state index is -3.61. The van der Waals surface area contributed by atoms with Gasteiger partial charge in [-0.3, -0.25) is 4.79 Å². The van der Waals surface area contributed by atoms with E-state index >= 15 is 0 Å². The van der Waals surface area contributed by atoms with Crippen LogP contribution in [-0.4, -0.2) is 54.7 Å². The smallest absolute Gasteiger partial charge is 0.265 e. The number of piperazine rings is 1. The molecule has 0 aliphatic carbocycles. The molecule has 9 heteroatoms. The SMILES string of the molecule is CC(C)c1ccc(S(=O)(=O)N2CCN(C(=O)c3cnc(-c4ccccc4F)s3)CC2)cc1. The molecule has 0 unspecified atom stereocenters. The zero-order valence-electron chi connectivity index (χ0n) is 17.9. The van der Waals surface area contributed by atoms with Gasteiger partial charge >= 0.3 is 0 Å². The van der Waals surface area contributed by atoms with Gasteiger partial charge in [-0.15, -0.1) is 11.3 Å². The van der Waals surface area contributed by atoms with Crippen LogP contribution < -0.4 is 0 Å². The largest absolute Gasteiger partial charge is 0.335 e. The molecule has 168 valence electrons. The molecule has 4 rings (SSSR count). The highest BCUT2D eigenvalue weighted by Gasteiger charge is 2.31. The maximum atomic E-state index is 14.0. The van der Waals surface area contributed by atoms with Crippen molar-refractivity contribution in [2.75, 3.05) is 26.2 Å². The Hall–Kier alpha value is -2.62. The van der Waals surface area contributed by atoms with Crippen molar-refractivity contribution >= 4 is 27.3 Å². The lowest BCUT2D eigenvalue weighted by Crippen LogP contribution is -2.50. The van der Waals surface area contributed by atoms with Crippen LogP contribution >= 0.6 is 11.3 Å². The van der Waals surface area contributed by atoms with Crippen molar-refractivity contribution in [3.8, 4) is 10.6 Å². The van der Waals surface area contributed by atoms with Crippen LogP contribution in [0.15, 0.2) is 59.6 Å². The van der Waals surface area contributed by atoms with E-state index in [-0.39, 0.29) is 42.8 Å². The molecular formula is C23H24FN3O3S2. The summed E-state index contributed by atoms with van der Waals surface area (Å²) in [5, 5.41) is 0.442. The average Bonchev–Trinajstić information content (AvgIpc) is 3.29. The number of halogens is 1. The van der Waals surface area contributed by atoms with Gasteiger partial charge in [-0.05, 0) is 35.7 Å². The van der Waals surface area contributed by atoms with E-state index in [9.17, 15) is 17.6 Å². The number of nitrogens with zero attached hydrogens (tertiary/aromatic N) is 3. The fourth-order valence-electron chi connectivity index (χ4n) is 3.59. The Labute approximate surface area is 191 Å². The number of benzene rings is 2. The van der Waals surface area contributed by atoms with E-state index in [0.29, 0.717) is 21.4 Å². The van der Waals surface area contributed by atoms with Gasteiger partial charge in [0.1, 0.15) is 15.7 Å². The average molecular weight is 474 g/mol. The highest BCUT2D eigenvalue weighted by Crippen LogP contribution is 2.28. The summed E-state index contributed by atoms with van der Waals surface area (Å²) in [4.78, 5) is 19.4. The van der Waals surface area contributed by atoms with Gasteiger partial charge in [-0.2, -0.15) is 4.31 Å². The van der Waals surface area contributed by atoms with Crippen LogP contribution in [0.2, 0.25) is 0 Å². The zero-order valence-corrected chi connectivity index (χ0v) is 19.5. The van der Waals surface area contributed by atoms with Crippen LogP contribution in [0.25, 0.3) is 10.6 Å². The number of hydrogen-bond acceptors (Lipinski definition) is 5. The van der Waals surface area contributed by atoms with Crippen LogP contribution in [0.1, 0.15) is 35.0 Å². The van der Waals surface area contributed by atoms with Gasteiger partial charge in [0.05, 0.1) is 11.1 Å². The Morgan fingerprint density at radius 3 is 2.31 bits per heavy atom. The normalized spacial score (nSPS) is 15.3. The highest BCUT2D eigenvalue weighted by atomic mass is 32.2. The Morgan fingerprint density at radius 1 is 1.03 bits per heavy atom. The fraction of sp³-hybridized carbons (Fsp3) is 0.304. The van der Waals surface area contributed by atoms with Gasteiger partial charge in [-0.25, -0.2) is 17.8 Å². The highest BCUT2D eigenvalue weighted by molar-refractivity contribution is 7.89. The maximum absolute atomic E-state index is 14.0. The first-order valence-electron chi connectivity index (χ1n) is 10.4. The molecule has 1 saturated heterocycles. The van der Waals surface area contributed by atoms with Crippen molar-refractivity contribution in [3.63, 3.8) is 0 Å². The van der Waals surface area contributed by atoms with Crippen molar-refractivity contribution in [3.05, 3.63) is 71.0 Å². The Balaban J connectivity index is 1.42.